The first-order valence-electron chi connectivity index (χ1n) is 18.0. The Balaban J connectivity index is 1.37. The summed E-state index contributed by atoms with van der Waals surface area (Å²) >= 11 is 0. The molecular weight excluding hydrogens is 621 g/mol. The first-order chi connectivity index (χ1) is 23.4. The second-order valence-corrected chi connectivity index (χ2v) is 13.9. The molecule has 0 aliphatic carbocycles. The van der Waals surface area contributed by atoms with Crippen LogP contribution in [-0.2, 0) is 14.3 Å². The molecule has 0 saturated carbocycles. The van der Waals surface area contributed by atoms with E-state index in [2.05, 4.69) is 25.7 Å². The highest BCUT2D eigenvalue weighted by Gasteiger charge is 2.14. The van der Waals surface area contributed by atoms with Crippen LogP contribution in [0.15, 0.2) is 77.7 Å². The average Bonchev–Trinajstić information content (AvgIpc) is 3.10. The molecule has 0 aliphatic rings. The number of hydrogen-bond acceptors (Lipinski definition) is 6. The van der Waals surface area contributed by atoms with Crippen molar-refractivity contribution in [2.75, 3.05) is 13.2 Å². The van der Waals surface area contributed by atoms with Crippen molar-refractivity contribution < 1.29 is 26.9 Å². The Labute approximate surface area is 289 Å². The number of unbranched alkanes of at least 4 members (excludes halogenated alkanes) is 14. The van der Waals surface area contributed by atoms with Gasteiger partial charge in [0.25, 0.3) is 10.1 Å². The summed E-state index contributed by atoms with van der Waals surface area (Å²) in [6.45, 7) is 5.33. The molecule has 48 heavy (non-hydrogen) atoms. The molecule has 3 rings (SSSR count). The van der Waals surface area contributed by atoms with Crippen LogP contribution < -0.4 is 9.47 Å². The fraction of sp³-hybridized carbons (Fsp3) is 0.488. The maximum absolute atomic E-state index is 12.7. The van der Waals surface area contributed by atoms with Crippen LogP contribution in [0.25, 0.3) is 0 Å². The van der Waals surface area contributed by atoms with Gasteiger partial charge < -0.3 is 9.47 Å². The Morgan fingerprint density at radius 1 is 0.542 bits per heavy atom. The molecule has 0 bridgehead atoms. The number of ether oxygens (including phenoxy) is 2. The standard InChI is InChI=1S/C41H54O6S/c1-3-5-7-9-11-13-15-17-33-45-38-27-29-39(30-28-38)47-41(42)37-25-21-35(22-26-37)19-20-36-23-31-40(32-24-36)48(43,44)46-34-18-16-14-12-10-8-6-4-2/h21-32H,3-18,33-34H2,1-2H3. The zero-order chi connectivity index (χ0) is 34.3. The molecule has 6 nitrogen and oxygen atoms in total. The predicted octanol–water partition coefficient (Wildman–Crippen LogP) is 10.7. The van der Waals surface area contributed by atoms with Crippen molar-refractivity contribution in [2.24, 2.45) is 0 Å². The van der Waals surface area contributed by atoms with Crippen LogP contribution >= 0.6 is 0 Å². The van der Waals surface area contributed by atoms with E-state index in [1.165, 1.54) is 89.2 Å². The van der Waals surface area contributed by atoms with Crippen LogP contribution in [0.1, 0.15) is 138 Å². The third-order valence-corrected chi connectivity index (χ3v) is 9.48. The lowest BCUT2D eigenvalue weighted by Crippen LogP contribution is -2.08. The van der Waals surface area contributed by atoms with Gasteiger partial charge in [-0.3, -0.25) is 4.18 Å². The molecule has 0 saturated heterocycles. The largest absolute Gasteiger partial charge is 0.494 e. The molecule has 7 heteroatoms. The van der Waals surface area contributed by atoms with Crippen molar-refractivity contribution in [1.29, 1.82) is 0 Å². The van der Waals surface area contributed by atoms with Crippen molar-refractivity contribution in [1.82, 2.24) is 0 Å². The van der Waals surface area contributed by atoms with Crippen LogP contribution in [0.4, 0.5) is 0 Å². The molecule has 0 aromatic heterocycles. The van der Waals surface area contributed by atoms with E-state index in [0.717, 1.165) is 37.0 Å². The van der Waals surface area contributed by atoms with E-state index < -0.39 is 16.1 Å². The molecule has 260 valence electrons. The first kappa shape index (κ1) is 38.8. The van der Waals surface area contributed by atoms with Crippen LogP contribution in [0.3, 0.4) is 0 Å². The lowest BCUT2D eigenvalue weighted by molar-refractivity contribution is 0.0734. The molecule has 0 N–H and O–H groups in total. The lowest BCUT2D eigenvalue weighted by atomic mass is 10.1. The molecule has 0 heterocycles. The Hall–Kier alpha value is -3.60. The van der Waals surface area contributed by atoms with Crippen LogP contribution in [0.5, 0.6) is 11.5 Å². The summed E-state index contributed by atoms with van der Waals surface area (Å²) in [6.07, 6.45) is 19.1. The van der Waals surface area contributed by atoms with E-state index in [0.29, 0.717) is 23.5 Å². The minimum absolute atomic E-state index is 0.122. The molecule has 3 aromatic carbocycles. The molecule has 0 fully saturated rings. The van der Waals surface area contributed by atoms with E-state index in [9.17, 15) is 13.2 Å². The van der Waals surface area contributed by atoms with Crippen LogP contribution in [0, 0.1) is 11.8 Å². The summed E-state index contributed by atoms with van der Waals surface area (Å²) in [5.74, 6) is 6.85. The number of carbonyl (C=O) groups is 1. The van der Waals surface area contributed by atoms with Crippen LogP contribution in [-0.4, -0.2) is 27.6 Å². The van der Waals surface area contributed by atoms with Crippen molar-refractivity contribution in [3.8, 4) is 23.3 Å². The van der Waals surface area contributed by atoms with Gasteiger partial charge in [-0.2, -0.15) is 8.42 Å². The predicted molar refractivity (Wildman–Crippen MR) is 194 cm³/mol. The highest BCUT2D eigenvalue weighted by Crippen LogP contribution is 2.20. The van der Waals surface area contributed by atoms with Crippen molar-refractivity contribution in [3.05, 3.63) is 89.5 Å². The van der Waals surface area contributed by atoms with Gasteiger partial charge in [-0.05, 0) is 85.6 Å². The second-order valence-electron chi connectivity index (χ2n) is 12.3. The van der Waals surface area contributed by atoms with Crippen molar-refractivity contribution >= 4 is 16.1 Å². The second kappa shape index (κ2) is 22.9. The molecule has 0 aliphatic heterocycles. The maximum Gasteiger partial charge on any atom is 0.343 e. The zero-order valence-electron chi connectivity index (χ0n) is 29.0. The fourth-order valence-electron chi connectivity index (χ4n) is 5.21. The minimum Gasteiger partial charge on any atom is -0.494 e. The van der Waals surface area contributed by atoms with Crippen LogP contribution in [0.2, 0.25) is 0 Å². The van der Waals surface area contributed by atoms with Gasteiger partial charge in [0.1, 0.15) is 11.5 Å². The fourth-order valence-corrected chi connectivity index (χ4v) is 6.15. The van der Waals surface area contributed by atoms with Gasteiger partial charge in [-0.25, -0.2) is 4.79 Å². The molecule has 3 aromatic rings. The van der Waals surface area contributed by atoms with Gasteiger partial charge in [0.2, 0.25) is 0 Å². The summed E-state index contributed by atoms with van der Waals surface area (Å²) in [5, 5.41) is 0. The third-order valence-electron chi connectivity index (χ3n) is 8.15. The van der Waals surface area contributed by atoms with Crippen molar-refractivity contribution in [2.45, 2.75) is 121 Å². The summed E-state index contributed by atoms with van der Waals surface area (Å²) < 4.78 is 41.7. The Bertz CT molecular complexity index is 1480. The molecule has 0 unspecified atom stereocenters. The van der Waals surface area contributed by atoms with E-state index in [1.807, 2.05) is 12.1 Å². The van der Waals surface area contributed by atoms with Crippen molar-refractivity contribution in [3.63, 3.8) is 0 Å². The topological polar surface area (TPSA) is 78.9 Å². The summed E-state index contributed by atoms with van der Waals surface area (Å²) in [5.41, 5.74) is 1.80. The highest BCUT2D eigenvalue weighted by molar-refractivity contribution is 7.86. The van der Waals surface area contributed by atoms with Gasteiger partial charge >= 0.3 is 5.97 Å². The molecule has 0 spiro atoms. The summed E-state index contributed by atoms with van der Waals surface area (Å²) in [7, 11) is -3.80. The smallest absolute Gasteiger partial charge is 0.343 e. The highest BCUT2D eigenvalue weighted by atomic mass is 32.2. The van der Waals surface area contributed by atoms with E-state index in [1.54, 1.807) is 48.5 Å². The van der Waals surface area contributed by atoms with Gasteiger partial charge in [0.05, 0.1) is 23.7 Å². The zero-order valence-corrected chi connectivity index (χ0v) is 29.8. The Morgan fingerprint density at radius 3 is 1.50 bits per heavy atom. The maximum atomic E-state index is 12.7. The number of hydrogen-bond donors (Lipinski definition) is 0. The molecular formula is C41H54O6S. The van der Waals surface area contributed by atoms with Gasteiger partial charge in [0.15, 0.2) is 0 Å². The van der Waals surface area contributed by atoms with Gasteiger partial charge in [-0.1, -0.05) is 116 Å². The first-order valence-corrected chi connectivity index (χ1v) is 19.4. The normalized spacial score (nSPS) is 11.1. The molecule has 0 radical (unpaired) electrons. The average molecular weight is 675 g/mol. The monoisotopic (exact) mass is 674 g/mol. The van der Waals surface area contributed by atoms with Gasteiger partial charge in [0, 0.05) is 11.1 Å². The molecule has 0 atom stereocenters. The Morgan fingerprint density at radius 2 is 0.979 bits per heavy atom. The number of esters is 1. The van der Waals surface area contributed by atoms with E-state index >= 15 is 0 Å². The quantitative estimate of drug-likeness (QED) is 0.0327. The minimum atomic E-state index is -3.80. The lowest BCUT2D eigenvalue weighted by Gasteiger charge is -2.08. The van der Waals surface area contributed by atoms with E-state index in [4.69, 9.17) is 13.7 Å². The third kappa shape index (κ3) is 15.5. The number of carbonyl (C=O) groups excluding carboxylic acids is 1. The summed E-state index contributed by atoms with van der Waals surface area (Å²) in [6, 6.07) is 20.3. The SMILES string of the molecule is CCCCCCCCCCOc1ccc(OC(=O)c2ccc(C#Cc3ccc(S(=O)(=O)OCCCCCCCCCC)cc3)cc2)cc1. The molecule has 0 amide bonds. The number of benzene rings is 3. The van der Waals surface area contributed by atoms with E-state index in [-0.39, 0.29) is 11.5 Å². The summed E-state index contributed by atoms with van der Waals surface area (Å²) in [4.78, 5) is 12.8. The number of rotatable bonds is 23. The Kier molecular flexibility index (Phi) is 18.5. The van der Waals surface area contributed by atoms with Gasteiger partial charge in [-0.15, -0.1) is 0 Å².